The van der Waals surface area contributed by atoms with E-state index < -0.39 is 30.6 Å². The van der Waals surface area contributed by atoms with Gasteiger partial charge in [0.1, 0.15) is 6.10 Å². The molecule has 0 saturated carbocycles. The predicted molar refractivity (Wildman–Crippen MR) is 82.6 cm³/mol. The SMILES string of the molecule is CC(C)=C[C@H]1OC(=O)O[C@@H](C)[C@H]1OC(=O)N(C(C)C)C(C)C. The molecule has 1 rings (SSSR count). The van der Waals surface area contributed by atoms with Gasteiger partial charge in [0.2, 0.25) is 0 Å². The maximum Gasteiger partial charge on any atom is 0.509 e. The summed E-state index contributed by atoms with van der Waals surface area (Å²) in [6.45, 7) is 13.2. The molecule has 1 amide bonds. The minimum Gasteiger partial charge on any atom is -0.438 e. The molecule has 1 aliphatic rings. The fourth-order valence-corrected chi connectivity index (χ4v) is 2.51. The van der Waals surface area contributed by atoms with Gasteiger partial charge in [-0.2, -0.15) is 0 Å². The first-order valence-corrected chi connectivity index (χ1v) is 7.64. The summed E-state index contributed by atoms with van der Waals surface area (Å²) in [5.41, 5.74) is 0.970. The summed E-state index contributed by atoms with van der Waals surface area (Å²) in [5, 5.41) is 0. The molecule has 0 unspecified atom stereocenters. The Morgan fingerprint density at radius 2 is 1.73 bits per heavy atom. The average Bonchev–Trinajstić information content (AvgIpc) is 2.31. The molecule has 0 bridgehead atoms. The normalized spacial score (nSPS) is 24.6. The summed E-state index contributed by atoms with van der Waals surface area (Å²) >= 11 is 0. The third kappa shape index (κ3) is 4.64. The van der Waals surface area contributed by atoms with Crippen molar-refractivity contribution in [2.75, 3.05) is 0 Å². The van der Waals surface area contributed by atoms with Crippen LogP contribution in [-0.4, -0.2) is 47.5 Å². The molecule has 1 fully saturated rings. The van der Waals surface area contributed by atoms with Crippen LogP contribution in [0.25, 0.3) is 0 Å². The van der Waals surface area contributed by atoms with Crippen molar-refractivity contribution >= 4 is 12.2 Å². The second kappa shape index (κ2) is 7.51. The third-order valence-corrected chi connectivity index (χ3v) is 3.36. The maximum atomic E-state index is 12.4. The minimum absolute atomic E-state index is 0.0109. The fourth-order valence-electron chi connectivity index (χ4n) is 2.51. The summed E-state index contributed by atoms with van der Waals surface area (Å²) in [6.07, 6.45) is -1.27. The molecule has 126 valence electrons. The van der Waals surface area contributed by atoms with Gasteiger partial charge < -0.3 is 19.1 Å². The van der Waals surface area contributed by atoms with E-state index in [2.05, 4.69) is 0 Å². The molecule has 6 heteroatoms. The van der Waals surface area contributed by atoms with Crippen LogP contribution in [0.2, 0.25) is 0 Å². The van der Waals surface area contributed by atoms with Crippen LogP contribution in [0.3, 0.4) is 0 Å². The minimum atomic E-state index is -0.744. The number of hydrogen-bond acceptors (Lipinski definition) is 5. The smallest absolute Gasteiger partial charge is 0.438 e. The zero-order chi connectivity index (χ0) is 17.0. The molecule has 0 spiro atoms. The molecule has 0 radical (unpaired) electrons. The van der Waals surface area contributed by atoms with Gasteiger partial charge in [0.05, 0.1) is 0 Å². The molecule has 0 aromatic carbocycles. The first kappa shape index (κ1) is 18.3. The molecule has 3 atom stereocenters. The monoisotopic (exact) mass is 313 g/mol. The Labute approximate surface area is 132 Å². The second-order valence-electron chi connectivity index (χ2n) is 6.34. The largest absolute Gasteiger partial charge is 0.509 e. The first-order valence-electron chi connectivity index (χ1n) is 7.64. The molecule has 22 heavy (non-hydrogen) atoms. The van der Waals surface area contributed by atoms with Crippen LogP contribution < -0.4 is 0 Å². The Hall–Kier alpha value is -1.72. The highest BCUT2D eigenvalue weighted by Gasteiger charge is 2.40. The summed E-state index contributed by atoms with van der Waals surface area (Å²) in [5.74, 6) is 0. The zero-order valence-electron chi connectivity index (χ0n) is 14.5. The highest BCUT2D eigenvalue weighted by Crippen LogP contribution is 2.23. The van der Waals surface area contributed by atoms with Crippen molar-refractivity contribution in [1.82, 2.24) is 4.90 Å². The van der Waals surface area contributed by atoms with Crippen LogP contribution in [0.15, 0.2) is 11.6 Å². The molecule has 1 aliphatic heterocycles. The number of carbonyl (C=O) groups is 2. The number of cyclic esters (lactones) is 2. The van der Waals surface area contributed by atoms with Gasteiger partial charge in [0.25, 0.3) is 0 Å². The molecular formula is C16H27NO5. The van der Waals surface area contributed by atoms with Gasteiger partial charge in [0, 0.05) is 12.1 Å². The van der Waals surface area contributed by atoms with Crippen molar-refractivity contribution in [2.24, 2.45) is 0 Å². The van der Waals surface area contributed by atoms with E-state index >= 15 is 0 Å². The Bertz CT molecular complexity index is 432. The van der Waals surface area contributed by atoms with E-state index in [0.717, 1.165) is 5.57 Å². The lowest BCUT2D eigenvalue weighted by atomic mass is 10.1. The number of nitrogens with zero attached hydrogens (tertiary/aromatic N) is 1. The van der Waals surface area contributed by atoms with E-state index in [9.17, 15) is 9.59 Å². The van der Waals surface area contributed by atoms with Gasteiger partial charge in [-0.25, -0.2) is 9.59 Å². The Kier molecular flexibility index (Phi) is 6.26. The molecular weight excluding hydrogens is 286 g/mol. The second-order valence-corrected chi connectivity index (χ2v) is 6.34. The van der Waals surface area contributed by atoms with Gasteiger partial charge in [-0.1, -0.05) is 5.57 Å². The van der Waals surface area contributed by atoms with E-state index in [1.807, 2.05) is 41.5 Å². The summed E-state index contributed by atoms with van der Waals surface area (Å²) in [7, 11) is 0. The van der Waals surface area contributed by atoms with Crippen LogP contribution in [0, 0.1) is 0 Å². The molecule has 1 saturated heterocycles. The summed E-state index contributed by atoms with van der Waals surface area (Å²) in [4.78, 5) is 25.5. The number of rotatable bonds is 4. The number of allylic oxidation sites excluding steroid dienone is 1. The van der Waals surface area contributed by atoms with Crippen LogP contribution in [0.5, 0.6) is 0 Å². The highest BCUT2D eigenvalue weighted by molar-refractivity contribution is 5.69. The van der Waals surface area contributed by atoms with Crippen molar-refractivity contribution in [3.05, 3.63) is 11.6 Å². The van der Waals surface area contributed by atoms with Gasteiger partial charge >= 0.3 is 12.2 Å². The standard InChI is InChI=1S/C16H27NO5/c1-9(2)8-13-14(12(7)20-16(19)21-13)22-15(18)17(10(3)4)11(5)6/h8,10-14H,1-7H3/t12-,13+,14+/m0/s1. The van der Waals surface area contributed by atoms with Crippen molar-refractivity contribution < 1.29 is 23.8 Å². The Morgan fingerprint density at radius 3 is 2.18 bits per heavy atom. The van der Waals surface area contributed by atoms with E-state index in [4.69, 9.17) is 14.2 Å². The predicted octanol–water partition coefficient (Wildman–Crippen LogP) is 3.50. The van der Waals surface area contributed by atoms with Gasteiger partial charge in [-0.15, -0.1) is 0 Å². The van der Waals surface area contributed by atoms with Crippen LogP contribution in [0.4, 0.5) is 9.59 Å². The lowest BCUT2D eigenvalue weighted by Gasteiger charge is -2.37. The molecule has 0 aliphatic carbocycles. The van der Waals surface area contributed by atoms with Crippen LogP contribution in [0.1, 0.15) is 48.5 Å². The maximum absolute atomic E-state index is 12.4. The number of amides is 1. The number of carbonyl (C=O) groups excluding carboxylic acids is 2. The van der Waals surface area contributed by atoms with Gasteiger partial charge in [-0.3, -0.25) is 0 Å². The highest BCUT2D eigenvalue weighted by atomic mass is 16.8. The third-order valence-electron chi connectivity index (χ3n) is 3.36. The number of ether oxygens (including phenoxy) is 3. The van der Waals surface area contributed by atoms with Crippen LogP contribution >= 0.6 is 0 Å². The Morgan fingerprint density at radius 1 is 1.18 bits per heavy atom. The topological polar surface area (TPSA) is 65.1 Å². The van der Waals surface area contributed by atoms with Crippen LogP contribution in [-0.2, 0) is 14.2 Å². The summed E-state index contributed by atoms with van der Waals surface area (Å²) in [6, 6.07) is 0.0218. The van der Waals surface area contributed by atoms with E-state index in [0.29, 0.717) is 0 Å². The molecule has 0 aromatic heterocycles. The number of hydrogen-bond donors (Lipinski definition) is 0. The molecule has 0 N–H and O–H groups in total. The lowest BCUT2D eigenvalue weighted by Crippen LogP contribution is -2.52. The van der Waals surface area contributed by atoms with E-state index in [-0.39, 0.29) is 12.1 Å². The average molecular weight is 313 g/mol. The zero-order valence-corrected chi connectivity index (χ0v) is 14.5. The van der Waals surface area contributed by atoms with E-state index in [1.165, 1.54) is 0 Å². The summed E-state index contributed by atoms with van der Waals surface area (Å²) < 4.78 is 15.8. The van der Waals surface area contributed by atoms with Gasteiger partial charge in [0.15, 0.2) is 12.2 Å². The van der Waals surface area contributed by atoms with Gasteiger partial charge in [-0.05, 0) is 54.5 Å². The van der Waals surface area contributed by atoms with E-state index in [1.54, 1.807) is 17.9 Å². The fraction of sp³-hybridized carbons (Fsp3) is 0.750. The molecule has 1 heterocycles. The van der Waals surface area contributed by atoms with Crippen molar-refractivity contribution in [1.29, 1.82) is 0 Å². The first-order chi connectivity index (χ1) is 10.1. The molecule has 6 nitrogen and oxygen atoms in total. The van der Waals surface area contributed by atoms with Crippen molar-refractivity contribution in [3.8, 4) is 0 Å². The Balaban J connectivity index is 2.92. The quantitative estimate of drug-likeness (QED) is 0.587. The lowest BCUT2D eigenvalue weighted by molar-refractivity contribution is -0.124. The van der Waals surface area contributed by atoms with Crippen molar-refractivity contribution in [2.45, 2.75) is 78.9 Å². The molecule has 0 aromatic rings. The van der Waals surface area contributed by atoms with Crippen molar-refractivity contribution in [3.63, 3.8) is 0 Å².